The molecule has 54 heavy (non-hydrogen) atoms. The highest BCUT2D eigenvalue weighted by Gasteiger charge is 2.30. The quantitative estimate of drug-likeness (QED) is 0.179. The number of aromatic nitrogens is 3. The van der Waals surface area contributed by atoms with Gasteiger partial charge >= 0.3 is 0 Å². The second-order valence-electron chi connectivity index (χ2n) is 14.3. The molecule has 3 aromatic heterocycles. The van der Waals surface area contributed by atoms with Crippen LogP contribution in [0.5, 0.6) is 0 Å². The van der Waals surface area contributed by atoms with Crippen LogP contribution in [0.15, 0.2) is 167 Å². The molecule has 0 radical (unpaired) electrons. The number of fused-ring (bicyclic) bond motifs is 7. The Morgan fingerprint density at radius 1 is 0.481 bits per heavy atom. The normalized spacial score (nSPS) is 15.7. The van der Waals surface area contributed by atoms with Crippen molar-refractivity contribution in [1.82, 2.24) is 15.0 Å². The first-order valence-electron chi connectivity index (χ1n) is 18.6. The zero-order chi connectivity index (χ0) is 35.6. The highest BCUT2D eigenvalue weighted by Crippen LogP contribution is 2.44. The Kier molecular flexibility index (Phi) is 7.05. The van der Waals surface area contributed by atoms with E-state index in [4.69, 9.17) is 23.8 Å². The van der Waals surface area contributed by atoms with E-state index >= 15 is 0 Å². The summed E-state index contributed by atoms with van der Waals surface area (Å²) in [6.07, 6.45) is 9.23. The molecule has 3 heterocycles. The van der Waals surface area contributed by atoms with Crippen molar-refractivity contribution in [3.8, 4) is 11.4 Å². The SMILES string of the molecule is C1=C(c2ccccc2)CCC(c2nc(C3=CC(c4ccc5oc6ccccc6c5c4)Cc4oc5ccccc5c43)nc(-c3ccc4ccccc4c3)n2)=C1. The Balaban J connectivity index is 1.11. The van der Waals surface area contributed by atoms with Gasteiger partial charge in [-0.1, -0.05) is 127 Å². The van der Waals surface area contributed by atoms with E-state index in [1.165, 1.54) is 22.1 Å². The average molecular weight is 696 g/mol. The van der Waals surface area contributed by atoms with Gasteiger partial charge in [0.05, 0.1) is 0 Å². The van der Waals surface area contributed by atoms with Gasteiger partial charge in [-0.05, 0) is 76.2 Å². The molecule has 5 heteroatoms. The number of benzene rings is 6. The van der Waals surface area contributed by atoms with Gasteiger partial charge in [0.15, 0.2) is 17.5 Å². The molecule has 0 amide bonds. The lowest BCUT2D eigenvalue weighted by Crippen LogP contribution is -2.12. The summed E-state index contributed by atoms with van der Waals surface area (Å²) in [5.74, 6) is 2.98. The summed E-state index contributed by atoms with van der Waals surface area (Å²) in [6, 6.07) is 48.5. The monoisotopic (exact) mass is 695 g/mol. The van der Waals surface area contributed by atoms with Crippen LogP contribution in [0.4, 0.5) is 0 Å². The molecule has 1 unspecified atom stereocenters. The molecule has 11 rings (SSSR count). The predicted molar refractivity (Wildman–Crippen MR) is 218 cm³/mol. The Labute approximate surface area is 311 Å². The average Bonchev–Trinajstić information content (AvgIpc) is 3.81. The molecule has 0 fully saturated rings. The van der Waals surface area contributed by atoms with Gasteiger partial charge in [-0.3, -0.25) is 0 Å². The zero-order valence-electron chi connectivity index (χ0n) is 29.4. The van der Waals surface area contributed by atoms with Crippen LogP contribution in [0, 0.1) is 0 Å². The van der Waals surface area contributed by atoms with Gasteiger partial charge in [0.1, 0.15) is 22.5 Å². The third-order valence-corrected chi connectivity index (χ3v) is 11.0. The first-order chi connectivity index (χ1) is 26.7. The van der Waals surface area contributed by atoms with Gasteiger partial charge in [-0.15, -0.1) is 0 Å². The van der Waals surface area contributed by atoms with E-state index in [-0.39, 0.29) is 5.92 Å². The largest absolute Gasteiger partial charge is 0.460 e. The summed E-state index contributed by atoms with van der Waals surface area (Å²) in [5, 5.41) is 5.62. The van der Waals surface area contributed by atoms with E-state index < -0.39 is 0 Å². The molecule has 2 aliphatic rings. The van der Waals surface area contributed by atoms with Crippen molar-refractivity contribution >= 4 is 60.4 Å². The van der Waals surface area contributed by atoms with Crippen molar-refractivity contribution in [1.29, 1.82) is 0 Å². The molecule has 0 saturated carbocycles. The van der Waals surface area contributed by atoms with Gasteiger partial charge in [-0.25, -0.2) is 15.0 Å². The molecule has 2 aliphatic carbocycles. The van der Waals surface area contributed by atoms with Gasteiger partial charge in [0.25, 0.3) is 0 Å². The van der Waals surface area contributed by atoms with Crippen LogP contribution in [0.3, 0.4) is 0 Å². The van der Waals surface area contributed by atoms with Crippen LogP contribution in [0.1, 0.15) is 52.9 Å². The van der Waals surface area contributed by atoms with Gasteiger partial charge in [0, 0.05) is 45.2 Å². The smallest absolute Gasteiger partial charge is 0.164 e. The second-order valence-corrected chi connectivity index (χ2v) is 14.3. The fraction of sp³-hybridized carbons (Fsp3) is 0.0816. The van der Waals surface area contributed by atoms with Crippen molar-refractivity contribution in [2.75, 3.05) is 0 Å². The molecular weight excluding hydrogens is 663 g/mol. The van der Waals surface area contributed by atoms with Crippen molar-refractivity contribution in [2.45, 2.75) is 25.2 Å². The Hall–Kier alpha value is -6.85. The summed E-state index contributed by atoms with van der Waals surface area (Å²) < 4.78 is 12.8. The Bertz CT molecular complexity index is 3040. The fourth-order valence-corrected chi connectivity index (χ4v) is 8.27. The van der Waals surface area contributed by atoms with Gasteiger partial charge in [0.2, 0.25) is 0 Å². The second kappa shape index (κ2) is 12.4. The van der Waals surface area contributed by atoms with E-state index in [1.54, 1.807) is 0 Å². The number of hydrogen-bond acceptors (Lipinski definition) is 5. The minimum atomic E-state index is 0.0284. The fourth-order valence-electron chi connectivity index (χ4n) is 8.27. The molecule has 0 aliphatic heterocycles. The molecule has 6 aromatic carbocycles. The number of hydrogen-bond donors (Lipinski definition) is 0. The molecule has 0 spiro atoms. The number of allylic oxidation sites excluding steroid dienone is 5. The van der Waals surface area contributed by atoms with E-state index in [0.29, 0.717) is 17.5 Å². The minimum absolute atomic E-state index is 0.0284. The molecule has 256 valence electrons. The van der Waals surface area contributed by atoms with Crippen molar-refractivity contribution in [3.63, 3.8) is 0 Å². The van der Waals surface area contributed by atoms with Gasteiger partial charge in [-0.2, -0.15) is 0 Å². The summed E-state index contributed by atoms with van der Waals surface area (Å²) in [6.45, 7) is 0. The van der Waals surface area contributed by atoms with Crippen molar-refractivity contribution in [3.05, 3.63) is 192 Å². The standard InChI is InChI=1S/C49H33N3O2/c1-2-10-30(11-3-1)32-18-21-33(22-19-32)47-50-48(36-23-20-31-12-4-5-13-34(31)26-36)52-49(51-47)41-28-37(29-45-46(41)39-15-7-9-17-43(39)54-45)35-24-25-44-40(27-35)38-14-6-8-16-42(38)53-44/h1-18,20-21,23-28,37H,19,22,29H2. The zero-order valence-corrected chi connectivity index (χ0v) is 29.4. The third-order valence-electron chi connectivity index (χ3n) is 11.0. The minimum Gasteiger partial charge on any atom is -0.460 e. The van der Waals surface area contributed by atoms with E-state index in [9.17, 15) is 0 Å². The third kappa shape index (κ3) is 5.20. The molecular formula is C49H33N3O2. The molecule has 1 atom stereocenters. The number of rotatable bonds is 5. The number of para-hydroxylation sites is 2. The van der Waals surface area contributed by atoms with E-state index in [1.807, 2.05) is 24.3 Å². The number of nitrogens with zero attached hydrogens (tertiary/aromatic N) is 3. The molecule has 0 N–H and O–H groups in total. The van der Waals surface area contributed by atoms with Crippen molar-refractivity contribution in [2.24, 2.45) is 0 Å². The van der Waals surface area contributed by atoms with Crippen LogP contribution >= 0.6 is 0 Å². The Morgan fingerprint density at radius 2 is 1.17 bits per heavy atom. The predicted octanol–water partition coefficient (Wildman–Crippen LogP) is 12.4. The van der Waals surface area contributed by atoms with Gasteiger partial charge < -0.3 is 8.83 Å². The highest BCUT2D eigenvalue weighted by molar-refractivity contribution is 6.05. The molecule has 9 aromatic rings. The van der Waals surface area contributed by atoms with Crippen LogP contribution in [-0.2, 0) is 6.42 Å². The first-order valence-corrected chi connectivity index (χ1v) is 18.6. The van der Waals surface area contributed by atoms with E-state index in [0.717, 1.165) is 85.6 Å². The Morgan fingerprint density at radius 3 is 2.02 bits per heavy atom. The lowest BCUT2D eigenvalue weighted by Gasteiger charge is -2.22. The van der Waals surface area contributed by atoms with Crippen LogP contribution in [-0.4, -0.2) is 15.0 Å². The van der Waals surface area contributed by atoms with Crippen molar-refractivity contribution < 1.29 is 8.83 Å². The maximum absolute atomic E-state index is 6.65. The summed E-state index contributed by atoms with van der Waals surface area (Å²) in [7, 11) is 0. The molecule has 0 saturated heterocycles. The molecule has 5 nitrogen and oxygen atoms in total. The summed E-state index contributed by atoms with van der Waals surface area (Å²) in [5.41, 5.74) is 10.5. The first kappa shape index (κ1) is 30.7. The van der Waals surface area contributed by atoms with Crippen LogP contribution < -0.4 is 0 Å². The summed E-state index contributed by atoms with van der Waals surface area (Å²) >= 11 is 0. The van der Waals surface area contributed by atoms with E-state index in [2.05, 4.69) is 133 Å². The van der Waals surface area contributed by atoms with Crippen LogP contribution in [0.25, 0.3) is 71.8 Å². The highest BCUT2D eigenvalue weighted by atomic mass is 16.3. The lowest BCUT2D eigenvalue weighted by molar-refractivity contribution is 0.531. The maximum atomic E-state index is 6.65. The molecule has 0 bridgehead atoms. The maximum Gasteiger partial charge on any atom is 0.164 e. The summed E-state index contributed by atoms with van der Waals surface area (Å²) in [4.78, 5) is 15.8. The topological polar surface area (TPSA) is 65.0 Å². The van der Waals surface area contributed by atoms with Crippen LogP contribution in [0.2, 0.25) is 0 Å². The lowest BCUT2D eigenvalue weighted by atomic mass is 9.83. The number of furan rings is 2.